The Hall–Kier alpha value is -1.29. The topological polar surface area (TPSA) is 37.9 Å². The molecule has 1 aliphatic heterocycles. The van der Waals surface area contributed by atoms with Crippen LogP contribution in [0.1, 0.15) is 27.7 Å². The number of nitrogens with one attached hydrogen (secondary N) is 1. The molecule has 0 radical (unpaired) electrons. The van der Waals surface area contributed by atoms with Gasteiger partial charge in [0.2, 0.25) is 0 Å². The molecule has 18 heavy (non-hydrogen) atoms. The van der Waals surface area contributed by atoms with Crippen molar-refractivity contribution in [1.82, 2.24) is 9.97 Å². The number of fused-ring (bicyclic) bond motifs is 1. The Kier molecular flexibility index (Phi) is 2.36. The largest absolute Gasteiger partial charge is 0.426 e. The second kappa shape index (κ2) is 3.61. The standard InChI is InChI=1S/C14H19BN2O/c1-13(2)9-15(18-14(13,3)4)11-6-8-17-12-10(11)5-7-16-12/h5-8H,9H2,1-4H3,(H,16,17). The zero-order valence-corrected chi connectivity index (χ0v) is 11.4. The monoisotopic (exact) mass is 242 g/mol. The van der Waals surface area contributed by atoms with Crippen LogP contribution in [0.15, 0.2) is 24.5 Å². The fourth-order valence-electron chi connectivity index (χ4n) is 2.70. The minimum atomic E-state index is -0.0937. The molecule has 0 spiro atoms. The van der Waals surface area contributed by atoms with Gasteiger partial charge < -0.3 is 9.64 Å². The molecule has 2 aromatic rings. The highest BCUT2D eigenvalue weighted by Gasteiger charge is 2.50. The van der Waals surface area contributed by atoms with Crippen molar-refractivity contribution in [3.8, 4) is 0 Å². The van der Waals surface area contributed by atoms with Crippen molar-refractivity contribution >= 4 is 23.4 Å². The third kappa shape index (κ3) is 1.59. The van der Waals surface area contributed by atoms with Crippen molar-refractivity contribution in [2.24, 2.45) is 5.41 Å². The zero-order chi connectivity index (χ0) is 13.0. The first-order chi connectivity index (χ1) is 8.41. The van der Waals surface area contributed by atoms with E-state index in [-0.39, 0.29) is 17.9 Å². The Morgan fingerprint density at radius 2 is 2.06 bits per heavy atom. The summed E-state index contributed by atoms with van der Waals surface area (Å²) in [7, 11) is 0. The van der Waals surface area contributed by atoms with Crippen molar-refractivity contribution in [1.29, 1.82) is 0 Å². The van der Waals surface area contributed by atoms with E-state index in [9.17, 15) is 0 Å². The lowest BCUT2D eigenvalue weighted by atomic mass is 9.54. The number of aromatic nitrogens is 2. The lowest BCUT2D eigenvalue weighted by molar-refractivity contribution is 0.0376. The molecule has 0 amide bonds. The first-order valence-corrected chi connectivity index (χ1v) is 6.50. The second-order valence-corrected chi connectivity index (χ2v) is 6.34. The molecule has 0 bridgehead atoms. The van der Waals surface area contributed by atoms with E-state index in [0.717, 1.165) is 12.0 Å². The maximum absolute atomic E-state index is 6.29. The molecule has 94 valence electrons. The second-order valence-electron chi connectivity index (χ2n) is 6.34. The number of nitrogens with zero attached hydrogens (tertiary/aromatic N) is 1. The molecule has 0 unspecified atom stereocenters. The Morgan fingerprint density at radius 1 is 1.28 bits per heavy atom. The molecule has 3 heterocycles. The normalized spacial score (nSPS) is 21.7. The van der Waals surface area contributed by atoms with Gasteiger partial charge in [-0.15, -0.1) is 0 Å². The molecule has 1 aliphatic rings. The molecule has 1 N–H and O–H groups in total. The van der Waals surface area contributed by atoms with Gasteiger partial charge in [-0.1, -0.05) is 13.8 Å². The van der Waals surface area contributed by atoms with Crippen LogP contribution in [0.5, 0.6) is 0 Å². The van der Waals surface area contributed by atoms with Crippen LogP contribution in [-0.2, 0) is 4.65 Å². The lowest BCUT2D eigenvalue weighted by Crippen LogP contribution is -2.36. The molecule has 4 heteroatoms. The number of pyridine rings is 1. The Bertz CT molecular complexity index is 572. The lowest BCUT2D eigenvalue weighted by Gasteiger charge is -2.34. The first-order valence-electron chi connectivity index (χ1n) is 6.50. The number of rotatable bonds is 1. The fourth-order valence-corrected chi connectivity index (χ4v) is 2.70. The average molecular weight is 242 g/mol. The molecule has 0 saturated carbocycles. The summed E-state index contributed by atoms with van der Waals surface area (Å²) in [5.74, 6) is 0. The SMILES string of the molecule is CC1(C)CB(c2ccnc3[nH]ccc23)OC1(C)C. The van der Waals surface area contributed by atoms with E-state index in [4.69, 9.17) is 4.65 Å². The van der Waals surface area contributed by atoms with Gasteiger partial charge >= 0.3 is 6.92 Å². The summed E-state index contributed by atoms with van der Waals surface area (Å²) in [6.45, 7) is 9.09. The summed E-state index contributed by atoms with van der Waals surface area (Å²) in [5, 5.41) is 1.18. The van der Waals surface area contributed by atoms with Gasteiger partial charge in [0.25, 0.3) is 0 Å². The van der Waals surface area contributed by atoms with Gasteiger partial charge in [-0.3, -0.25) is 0 Å². The summed E-state index contributed by atoms with van der Waals surface area (Å²) < 4.78 is 6.29. The fraction of sp³-hybridized carbons (Fsp3) is 0.500. The van der Waals surface area contributed by atoms with Crippen LogP contribution in [0.4, 0.5) is 0 Å². The molecule has 1 saturated heterocycles. The van der Waals surface area contributed by atoms with Crippen LogP contribution in [-0.4, -0.2) is 22.5 Å². The number of aromatic amines is 1. The highest BCUT2D eigenvalue weighted by Crippen LogP contribution is 2.45. The van der Waals surface area contributed by atoms with Gasteiger partial charge in [0, 0.05) is 17.8 Å². The third-order valence-corrected chi connectivity index (χ3v) is 4.60. The van der Waals surface area contributed by atoms with Crippen LogP contribution in [0.2, 0.25) is 6.32 Å². The van der Waals surface area contributed by atoms with E-state index in [1.807, 2.05) is 12.4 Å². The maximum atomic E-state index is 6.29. The van der Waals surface area contributed by atoms with Gasteiger partial charge in [0.1, 0.15) is 5.65 Å². The molecule has 3 rings (SSSR count). The van der Waals surface area contributed by atoms with E-state index in [1.54, 1.807) is 0 Å². The number of H-pyrrole nitrogens is 1. The van der Waals surface area contributed by atoms with Gasteiger partial charge in [-0.2, -0.15) is 0 Å². The molecule has 1 fully saturated rings. The molecule has 0 aromatic carbocycles. The van der Waals surface area contributed by atoms with E-state index < -0.39 is 0 Å². The van der Waals surface area contributed by atoms with Crippen LogP contribution >= 0.6 is 0 Å². The Labute approximate surface area is 108 Å². The molecule has 2 aromatic heterocycles. The molecule has 0 aliphatic carbocycles. The molecule has 3 nitrogen and oxygen atoms in total. The van der Waals surface area contributed by atoms with E-state index in [0.29, 0.717) is 0 Å². The van der Waals surface area contributed by atoms with E-state index in [2.05, 4.69) is 49.8 Å². The minimum Gasteiger partial charge on any atom is -0.426 e. The average Bonchev–Trinajstić information content (AvgIpc) is 2.81. The highest BCUT2D eigenvalue weighted by molar-refractivity contribution is 6.70. The summed E-state index contributed by atoms with van der Waals surface area (Å²) in [5.41, 5.74) is 2.28. The van der Waals surface area contributed by atoms with Crippen molar-refractivity contribution in [2.75, 3.05) is 0 Å². The molecule has 0 atom stereocenters. The van der Waals surface area contributed by atoms with Crippen LogP contribution in [0.25, 0.3) is 11.0 Å². The maximum Gasteiger partial charge on any atom is 0.328 e. The summed E-state index contributed by atoms with van der Waals surface area (Å²) in [6.07, 6.45) is 4.84. The smallest absolute Gasteiger partial charge is 0.328 e. The minimum absolute atomic E-state index is 0.0937. The Morgan fingerprint density at radius 3 is 2.72 bits per heavy atom. The summed E-state index contributed by atoms with van der Waals surface area (Å²) in [4.78, 5) is 7.49. The van der Waals surface area contributed by atoms with Crippen LogP contribution in [0, 0.1) is 5.41 Å². The highest BCUT2D eigenvalue weighted by atomic mass is 16.5. The van der Waals surface area contributed by atoms with Crippen molar-refractivity contribution < 1.29 is 4.65 Å². The molecular weight excluding hydrogens is 223 g/mol. The Balaban J connectivity index is 2.05. The van der Waals surface area contributed by atoms with E-state index in [1.165, 1.54) is 10.8 Å². The number of hydrogen-bond acceptors (Lipinski definition) is 2. The van der Waals surface area contributed by atoms with Gasteiger partial charge in [-0.25, -0.2) is 4.98 Å². The van der Waals surface area contributed by atoms with Crippen LogP contribution in [0.3, 0.4) is 0 Å². The predicted octanol–water partition coefficient (Wildman–Crippen LogP) is 2.60. The van der Waals surface area contributed by atoms with E-state index >= 15 is 0 Å². The summed E-state index contributed by atoms with van der Waals surface area (Å²) >= 11 is 0. The third-order valence-electron chi connectivity index (χ3n) is 4.60. The predicted molar refractivity (Wildman–Crippen MR) is 75.2 cm³/mol. The van der Waals surface area contributed by atoms with Crippen LogP contribution < -0.4 is 5.46 Å². The zero-order valence-electron chi connectivity index (χ0n) is 11.4. The van der Waals surface area contributed by atoms with Crippen molar-refractivity contribution in [2.45, 2.75) is 39.6 Å². The number of hydrogen-bond donors (Lipinski definition) is 1. The van der Waals surface area contributed by atoms with Crippen molar-refractivity contribution in [3.63, 3.8) is 0 Å². The van der Waals surface area contributed by atoms with Gasteiger partial charge in [-0.05, 0) is 43.2 Å². The first kappa shape index (κ1) is 11.8. The molecular formula is C14H19BN2O. The van der Waals surface area contributed by atoms with Gasteiger partial charge in [0.15, 0.2) is 0 Å². The quantitative estimate of drug-likeness (QED) is 0.780. The van der Waals surface area contributed by atoms with Crippen molar-refractivity contribution in [3.05, 3.63) is 24.5 Å². The van der Waals surface area contributed by atoms with Gasteiger partial charge in [0.05, 0.1) is 5.60 Å². The summed E-state index contributed by atoms with van der Waals surface area (Å²) in [6, 6.07) is 4.16.